The summed E-state index contributed by atoms with van der Waals surface area (Å²) < 4.78 is 5.18. The van der Waals surface area contributed by atoms with E-state index in [9.17, 15) is 4.79 Å². The van der Waals surface area contributed by atoms with Crippen LogP contribution in [0, 0.1) is 0 Å². The van der Waals surface area contributed by atoms with Crippen molar-refractivity contribution in [2.75, 3.05) is 19.8 Å². The number of halogens is 2. The molecule has 0 atom stereocenters. The Kier molecular flexibility index (Phi) is 7.09. The molecule has 1 rings (SSSR count). The van der Waals surface area contributed by atoms with Gasteiger partial charge in [-0.3, -0.25) is 4.79 Å². The van der Waals surface area contributed by atoms with Gasteiger partial charge in [0.05, 0.1) is 6.42 Å². The molecule has 0 aliphatic heterocycles. The Hall–Kier alpha value is -0.770. The van der Waals surface area contributed by atoms with Crippen LogP contribution in [0.1, 0.15) is 18.9 Å². The highest BCUT2D eigenvalue weighted by Crippen LogP contribution is 2.21. The van der Waals surface area contributed by atoms with Gasteiger partial charge in [-0.1, -0.05) is 29.3 Å². The maximum Gasteiger partial charge on any atom is 0.224 e. The van der Waals surface area contributed by atoms with Gasteiger partial charge in [-0.15, -0.1) is 0 Å². The van der Waals surface area contributed by atoms with Gasteiger partial charge in [0.1, 0.15) is 0 Å². The lowest BCUT2D eigenvalue weighted by atomic mass is 10.1. The van der Waals surface area contributed by atoms with Gasteiger partial charge in [-0.2, -0.15) is 0 Å². The van der Waals surface area contributed by atoms with Crippen molar-refractivity contribution in [3.63, 3.8) is 0 Å². The Morgan fingerprint density at radius 2 is 2.17 bits per heavy atom. The Morgan fingerprint density at radius 1 is 1.39 bits per heavy atom. The van der Waals surface area contributed by atoms with Crippen LogP contribution in [0.3, 0.4) is 0 Å². The van der Waals surface area contributed by atoms with Crippen LogP contribution in [0.4, 0.5) is 0 Å². The first-order valence-electron chi connectivity index (χ1n) is 5.92. The van der Waals surface area contributed by atoms with E-state index in [1.807, 2.05) is 6.92 Å². The molecule has 0 saturated heterocycles. The minimum Gasteiger partial charge on any atom is -0.382 e. The van der Waals surface area contributed by atoms with Crippen molar-refractivity contribution in [1.29, 1.82) is 0 Å². The zero-order valence-corrected chi connectivity index (χ0v) is 11.9. The average molecular weight is 290 g/mol. The second-order valence-electron chi connectivity index (χ2n) is 3.81. The fourth-order valence-corrected chi connectivity index (χ4v) is 1.92. The number of nitrogens with one attached hydrogen (secondary N) is 1. The van der Waals surface area contributed by atoms with Gasteiger partial charge < -0.3 is 10.1 Å². The van der Waals surface area contributed by atoms with Crippen LogP contribution in [0.25, 0.3) is 0 Å². The van der Waals surface area contributed by atoms with E-state index in [0.29, 0.717) is 29.8 Å². The quantitative estimate of drug-likeness (QED) is 0.784. The van der Waals surface area contributed by atoms with Gasteiger partial charge in [0, 0.05) is 29.8 Å². The summed E-state index contributed by atoms with van der Waals surface area (Å²) in [5.74, 6) is -0.0456. The monoisotopic (exact) mass is 289 g/mol. The van der Waals surface area contributed by atoms with Crippen molar-refractivity contribution in [3.05, 3.63) is 33.8 Å². The highest BCUT2D eigenvalue weighted by molar-refractivity contribution is 6.35. The van der Waals surface area contributed by atoms with Gasteiger partial charge >= 0.3 is 0 Å². The SMILES string of the molecule is CCOCCCNC(=O)Cc1ccc(Cl)cc1Cl. The molecule has 0 saturated carbocycles. The summed E-state index contributed by atoms with van der Waals surface area (Å²) in [5.41, 5.74) is 0.781. The van der Waals surface area contributed by atoms with Crippen LogP contribution in [-0.2, 0) is 16.0 Å². The molecular formula is C13H17Cl2NO2. The van der Waals surface area contributed by atoms with E-state index >= 15 is 0 Å². The van der Waals surface area contributed by atoms with Crippen molar-refractivity contribution in [2.45, 2.75) is 19.8 Å². The topological polar surface area (TPSA) is 38.3 Å². The van der Waals surface area contributed by atoms with Crippen molar-refractivity contribution in [2.24, 2.45) is 0 Å². The van der Waals surface area contributed by atoms with E-state index in [2.05, 4.69) is 5.32 Å². The average Bonchev–Trinajstić information content (AvgIpc) is 2.32. The summed E-state index contributed by atoms with van der Waals surface area (Å²) in [5, 5.41) is 3.91. The Bertz CT molecular complexity index is 397. The summed E-state index contributed by atoms with van der Waals surface area (Å²) >= 11 is 11.8. The molecule has 0 spiro atoms. The molecule has 5 heteroatoms. The lowest BCUT2D eigenvalue weighted by Gasteiger charge is -2.07. The lowest BCUT2D eigenvalue weighted by molar-refractivity contribution is -0.120. The summed E-state index contributed by atoms with van der Waals surface area (Å²) in [7, 11) is 0. The van der Waals surface area contributed by atoms with Gasteiger partial charge in [0.15, 0.2) is 0 Å². The fourth-order valence-electron chi connectivity index (χ4n) is 1.45. The third-order valence-corrected chi connectivity index (χ3v) is 2.94. The van der Waals surface area contributed by atoms with Crippen molar-refractivity contribution < 1.29 is 9.53 Å². The highest BCUT2D eigenvalue weighted by atomic mass is 35.5. The van der Waals surface area contributed by atoms with Gasteiger partial charge in [-0.25, -0.2) is 0 Å². The van der Waals surface area contributed by atoms with Crippen LogP contribution < -0.4 is 5.32 Å². The molecule has 100 valence electrons. The third-order valence-electron chi connectivity index (χ3n) is 2.36. The molecule has 0 heterocycles. The number of rotatable bonds is 7. The van der Waals surface area contributed by atoms with E-state index in [4.69, 9.17) is 27.9 Å². The lowest BCUT2D eigenvalue weighted by Crippen LogP contribution is -2.26. The molecule has 0 bridgehead atoms. The first-order chi connectivity index (χ1) is 8.63. The number of hydrogen-bond donors (Lipinski definition) is 1. The van der Waals surface area contributed by atoms with E-state index in [1.54, 1.807) is 18.2 Å². The second-order valence-corrected chi connectivity index (χ2v) is 4.66. The number of carbonyl (C=O) groups excluding carboxylic acids is 1. The molecular weight excluding hydrogens is 273 g/mol. The summed E-state index contributed by atoms with van der Waals surface area (Å²) in [6, 6.07) is 5.14. The molecule has 1 amide bonds. The smallest absolute Gasteiger partial charge is 0.224 e. The number of hydrogen-bond acceptors (Lipinski definition) is 2. The van der Waals surface area contributed by atoms with E-state index in [0.717, 1.165) is 12.0 Å². The number of ether oxygens (including phenoxy) is 1. The second kappa shape index (κ2) is 8.35. The van der Waals surface area contributed by atoms with E-state index < -0.39 is 0 Å². The van der Waals surface area contributed by atoms with Gasteiger partial charge in [0.25, 0.3) is 0 Å². The Morgan fingerprint density at radius 3 is 2.83 bits per heavy atom. The standard InChI is InChI=1S/C13H17Cl2NO2/c1-2-18-7-3-6-16-13(17)8-10-4-5-11(14)9-12(10)15/h4-5,9H,2-3,6-8H2,1H3,(H,16,17). The molecule has 0 fully saturated rings. The van der Waals surface area contributed by atoms with Crippen molar-refractivity contribution in [3.8, 4) is 0 Å². The Balaban J connectivity index is 2.31. The van der Waals surface area contributed by atoms with Crippen LogP contribution in [0.5, 0.6) is 0 Å². The number of amides is 1. The summed E-state index contributed by atoms with van der Waals surface area (Å²) in [4.78, 5) is 11.6. The van der Waals surface area contributed by atoms with Crippen LogP contribution in [0.2, 0.25) is 10.0 Å². The predicted molar refractivity (Wildman–Crippen MR) is 74.3 cm³/mol. The first-order valence-corrected chi connectivity index (χ1v) is 6.67. The van der Waals surface area contributed by atoms with E-state index in [-0.39, 0.29) is 12.3 Å². The molecule has 1 aromatic rings. The maximum atomic E-state index is 11.6. The minimum absolute atomic E-state index is 0.0456. The molecule has 1 N–H and O–H groups in total. The van der Waals surface area contributed by atoms with Gasteiger partial charge in [-0.05, 0) is 31.0 Å². The van der Waals surface area contributed by atoms with Crippen LogP contribution >= 0.6 is 23.2 Å². The van der Waals surface area contributed by atoms with Crippen molar-refractivity contribution >= 4 is 29.1 Å². The molecule has 3 nitrogen and oxygen atoms in total. The summed E-state index contributed by atoms with van der Waals surface area (Å²) in [6.07, 6.45) is 1.08. The zero-order valence-electron chi connectivity index (χ0n) is 10.3. The Labute approximate surface area is 117 Å². The largest absolute Gasteiger partial charge is 0.382 e. The van der Waals surface area contributed by atoms with Crippen molar-refractivity contribution in [1.82, 2.24) is 5.32 Å². The molecule has 0 unspecified atom stereocenters. The predicted octanol–water partition coefficient (Wildman–Crippen LogP) is 3.08. The normalized spacial score (nSPS) is 10.4. The molecule has 0 aliphatic rings. The van der Waals surface area contributed by atoms with Crippen LogP contribution in [-0.4, -0.2) is 25.7 Å². The zero-order chi connectivity index (χ0) is 13.4. The fraction of sp³-hybridized carbons (Fsp3) is 0.462. The molecule has 0 aromatic heterocycles. The first kappa shape index (κ1) is 15.3. The maximum absolute atomic E-state index is 11.6. The molecule has 18 heavy (non-hydrogen) atoms. The van der Waals surface area contributed by atoms with Crippen LogP contribution in [0.15, 0.2) is 18.2 Å². The van der Waals surface area contributed by atoms with Gasteiger partial charge in [0.2, 0.25) is 5.91 Å². The number of carbonyl (C=O) groups is 1. The molecule has 0 aliphatic carbocycles. The summed E-state index contributed by atoms with van der Waals surface area (Å²) in [6.45, 7) is 3.93. The minimum atomic E-state index is -0.0456. The third kappa shape index (κ3) is 5.71. The number of benzene rings is 1. The highest BCUT2D eigenvalue weighted by Gasteiger charge is 2.06. The molecule has 1 aromatic carbocycles. The van der Waals surface area contributed by atoms with E-state index in [1.165, 1.54) is 0 Å². The molecule has 0 radical (unpaired) electrons.